The zero-order chi connectivity index (χ0) is 20.7. The SMILES string of the molecule is CC(=O)NC1C(S[As](C)C)OC(COC(C)=O)C(OC(C)=O)C1OC(C)=O. The van der Waals surface area contributed by atoms with Gasteiger partial charge < -0.3 is 0 Å². The molecular weight excluding hydrogens is 441 g/mol. The molecule has 1 amide bonds. The summed E-state index contributed by atoms with van der Waals surface area (Å²) in [4.78, 5) is 46.2. The monoisotopic (exact) mass is 467 g/mol. The second-order valence-corrected chi connectivity index (χ2v) is 15.3. The molecule has 1 aliphatic rings. The molecule has 0 aromatic heterocycles. The van der Waals surface area contributed by atoms with E-state index < -0.39 is 61.2 Å². The van der Waals surface area contributed by atoms with Crippen LogP contribution in [0.5, 0.6) is 0 Å². The van der Waals surface area contributed by atoms with E-state index >= 15 is 0 Å². The average Bonchev–Trinajstić information content (AvgIpc) is 2.49. The van der Waals surface area contributed by atoms with Crippen molar-refractivity contribution in [1.82, 2.24) is 5.32 Å². The number of hydrogen-bond acceptors (Lipinski definition) is 9. The minimum atomic E-state index is -1.29. The van der Waals surface area contributed by atoms with Crippen molar-refractivity contribution in [3.05, 3.63) is 0 Å². The molecule has 0 aromatic rings. The van der Waals surface area contributed by atoms with Crippen LogP contribution in [-0.2, 0) is 38.1 Å². The van der Waals surface area contributed by atoms with Gasteiger partial charge in [-0.05, 0) is 0 Å². The number of hydrogen-bond donors (Lipinski definition) is 1. The van der Waals surface area contributed by atoms with E-state index in [1.165, 1.54) is 27.7 Å². The van der Waals surface area contributed by atoms with Gasteiger partial charge in [-0.1, -0.05) is 0 Å². The van der Waals surface area contributed by atoms with Gasteiger partial charge in [0.15, 0.2) is 0 Å². The average molecular weight is 467 g/mol. The topological polar surface area (TPSA) is 117 Å². The van der Waals surface area contributed by atoms with E-state index in [0.29, 0.717) is 0 Å². The summed E-state index contributed by atoms with van der Waals surface area (Å²) in [6, 6.07) is -0.717. The third-order valence-electron chi connectivity index (χ3n) is 3.39. The second-order valence-electron chi connectivity index (χ2n) is 6.14. The first-order valence-corrected chi connectivity index (χ1v) is 15.1. The van der Waals surface area contributed by atoms with Crippen LogP contribution in [0.1, 0.15) is 27.7 Å². The first-order chi connectivity index (χ1) is 12.5. The van der Waals surface area contributed by atoms with Gasteiger partial charge in [0.1, 0.15) is 0 Å². The molecule has 5 atom stereocenters. The molecule has 5 unspecified atom stereocenters. The Bertz CT molecular complexity index is 573. The fourth-order valence-electron chi connectivity index (χ4n) is 2.59. The number of amides is 1. The van der Waals surface area contributed by atoms with Crippen LogP contribution in [0, 0.1) is 0 Å². The zero-order valence-electron chi connectivity index (χ0n) is 16.2. The summed E-state index contributed by atoms with van der Waals surface area (Å²) in [5.74, 6) is -2.06. The summed E-state index contributed by atoms with van der Waals surface area (Å²) in [5.41, 5.74) is 3.64. The van der Waals surface area contributed by atoms with E-state index in [1.807, 2.05) is 0 Å². The Morgan fingerprint density at radius 1 is 0.963 bits per heavy atom. The van der Waals surface area contributed by atoms with Gasteiger partial charge in [-0.3, -0.25) is 0 Å². The predicted molar refractivity (Wildman–Crippen MR) is 99.1 cm³/mol. The van der Waals surface area contributed by atoms with E-state index in [2.05, 4.69) is 16.7 Å². The summed E-state index contributed by atoms with van der Waals surface area (Å²) >= 11 is -1.29. The van der Waals surface area contributed by atoms with Gasteiger partial charge >= 0.3 is 166 Å². The molecule has 1 rings (SSSR count). The summed E-state index contributed by atoms with van der Waals surface area (Å²) < 4.78 is 21.8. The van der Waals surface area contributed by atoms with E-state index in [4.69, 9.17) is 18.9 Å². The van der Waals surface area contributed by atoms with Crippen molar-refractivity contribution in [3.63, 3.8) is 0 Å². The predicted octanol–water partition coefficient (Wildman–Crippen LogP) is 0.627. The van der Waals surface area contributed by atoms with E-state index in [0.717, 1.165) is 0 Å². The van der Waals surface area contributed by atoms with Crippen molar-refractivity contribution in [2.24, 2.45) is 0 Å². The quantitative estimate of drug-likeness (QED) is 0.327. The van der Waals surface area contributed by atoms with Crippen LogP contribution in [0.25, 0.3) is 0 Å². The zero-order valence-corrected chi connectivity index (χ0v) is 18.9. The van der Waals surface area contributed by atoms with Gasteiger partial charge in [-0.15, -0.1) is 0 Å². The Morgan fingerprint density at radius 3 is 1.96 bits per heavy atom. The summed E-state index contributed by atoms with van der Waals surface area (Å²) in [6.45, 7) is 4.86. The van der Waals surface area contributed by atoms with Crippen molar-refractivity contribution in [3.8, 4) is 0 Å². The third kappa shape index (κ3) is 8.11. The number of rotatable bonds is 7. The molecule has 0 aromatic carbocycles. The molecule has 9 nitrogen and oxygen atoms in total. The number of carbonyl (C=O) groups excluding carboxylic acids is 4. The number of carbonyl (C=O) groups is 4. The fraction of sp³-hybridized carbons (Fsp3) is 0.750. The van der Waals surface area contributed by atoms with Crippen molar-refractivity contribution < 1.29 is 38.1 Å². The van der Waals surface area contributed by atoms with Crippen LogP contribution in [0.15, 0.2) is 0 Å². The summed E-state index contributed by atoms with van der Waals surface area (Å²) in [5, 5.41) is 2.74. The molecule has 27 heavy (non-hydrogen) atoms. The summed E-state index contributed by atoms with van der Waals surface area (Å²) in [6.07, 6.45) is -2.84. The van der Waals surface area contributed by atoms with Crippen LogP contribution >= 0.6 is 10.0 Å². The molecule has 1 fully saturated rings. The van der Waals surface area contributed by atoms with Crippen LogP contribution in [-0.4, -0.2) is 73.7 Å². The molecule has 154 valence electrons. The van der Waals surface area contributed by atoms with Crippen molar-refractivity contribution >= 4 is 47.3 Å². The minimum absolute atomic E-state index is 0.171. The van der Waals surface area contributed by atoms with Crippen molar-refractivity contribution in [2.45, 2.75) is 68.9 Å². The first kappa shape index (κ1) is 23.8. The Labute approximate surface area is 166 Å². The van der Waals surface area contributed by atoms with Gasteiger partial charge in [0.05, 0.1) is 0 Å². The van der Waals surface area contributed by atoms with Gasteiger partial charge in [-0.2, -0.15) is 0 Å². The number of esters is 3. The Kier molecular flexibility index (Phi) is 9.62. The van der Waals surface area contributed by atoms with Crippen molar-refractivity contribution in [1.29, 1.82) is 0 Å². The molecule has 0 spiro atoms. The Balaban J connectivity index is 3.27. The summed E-state index contributed by atoms with van der Waals surface area (Å²) in [7, 11) is 1.55. The van der Waals surface area contributed by atoms with Crippen LogP contribution in [0.2, 0.25) is 11.4 Å². The second kappa shape index (κ2) is 10.9. The van der Waals surface area contributed by atoms with Crippen molar-refractivity contribution in [2.75, 3.05) is 6.61 Å². The maximum absolute atomic E-state index is 11.7. The van der Waals surface area contributed by atoms with E-state index in [-0.39, 0.29) is 12.5 Å². The van der Waals surface area contributed by atoms with E-state index in [1.54, 1.807) is 10.0 Å². The van der Waals surface area contributed by atoms with Crippen LogP contribution < -0.4 is 5.32 Å². The van der Waals surface area contributed by atoms with Gasteiger partial charge in [-0.25, -0.2) is 0 Å². The Morgan fingerprint density at radius 2 is 1.52 bits per heavy atom. The molecule has 1 N–H and O–H groups in total. The van der Waals surface area contributed by atoms with Gasteiger partial charge in [0.25, 0.3) is 0 Å². The molecule has 1 saturated heterocycles. The normalized spacial score (nSPS) is 27.6. The molecule has 11 heteroatoms. The number of ether oxygens (including phenoxy) is 4. The molecular formula is C16H26AsNO8S. The van der Waals surface area contributed by atoms with Crippen LogP contribution in [0.4, 0.5) is 0 Å². The molecule has 0 aliphatic carbocycles. The standard InChI is InChI=1S/C16H26AsNO8S/c1-8(19)18-13-15(25-11(4)22)14(24-10(3)21)12(7-23-9(2)20)26-16(13)27-17(5)6/h12-16H,7H2,1-6H3,(H,18,19). The third-order valence-corrected chi connectivity index (χ3v) is 8.38. The first-order valence-electron chi connectivity index (χ1n) is 8.25. The molecule has 0 saturated carbocycles. The van der Waals surface area contributed by atoms with Gasteiger partial charge in [0, 0.05) is 0 Å². The van der Waals surface area contributed by atoms with Gasteiger partial charge in [0.2, 0.25) is 0 Å². The Hall–Kier alpha value is -1.25. The molecule has 1 heterocycles. The molecule has 0 bridgehead atoms. The maximum atomic E-state index is 11.7. The fourth-order valence-corrected chi connectivity index (χ4v) is 7.30. The molecule has 0 radical (unpaired) electrons. The van der Waals surface area contributed by atoms with Crippen LogP contribution in [0.3, 0.4) is 0 Å². The molecule has 1 aliphatic heterocycles. The number of nitrogens with one attached hydrogen (secondary N) is 1. The van der Waals surface area contributed by atoms with E-state index in [9.17, 15) is 19.2 Å².